The summed E-state index contributed by atoms with van der Waals surface area (Å²) >= 11 is 1.69. The molecular weight excluding hydrogens is 463 g/mol. The van der Waals surface area contributed by atoms with Crippen molar-refractivity contribution in [3.63, 3.8) is 0 Å². The molecule has 3 aliphatic rings. The van der Waals surface area contributed by atoms with Gasteiger partial charge in [-0.3, -0.25) is 4.79 Å². The summed E-state index contributed by atoms with van der Waals surface area (Å²) < 4.78 is 40.5. The van der Waals surface area contributed by atoms with Crippen LogP contribution in [0.3, 0.4) is 0 Å². The van der Waals surface area contributed by atoms with Gasteiger partial charge in [-0.1, -0.05) is 23.9 Å². The van der Waals surface area contributed by atoms with Crippen LogP contribution in [0.4, 0.5) is 13.2 Å². The summed E-state index contributed by atoms with van der Waals surface area (Å²) in [5.41, 5.74) is 0.711. The molecule has 2 unspecified atom stereocenters. The van der Waals surface area contributed by atoms with E-state index in [1.807, 2.05) is 11.6 Å². The van der Waals surface area contributed by atoms with Gasteiger partial charge in [0.2, 0.25) is 5.91 Å². The number of benzene rings is 1. The highest BCUT2D eigenvalue weighted by Crippen LogP contribution is 2.64. The monoisotopic (exact) mass is 493 g/mol. The number of nitrogens with one attached hydrogen (secondary N) is 1. The SMILES string of the molecule is Cn1c(SCCCN2CC[C@]3(CC3c3ccc(C(F)(F)F)cc3)C2)nnc1C1CCCC(=O)N1. The summed E-state index contributed by atoms with van der Waals surface area (Å²) in [5, 5.41) is 12.5. The van der Waals surface area contributed by atoms with Crippen molar-refractivity contribution in [3.8, 4) is 0 Å². The third-order valence-electron chi connectivity index (χ3n) is 7.56. The number of thioether (sulfide) groups is 1. The van der Waals surface area contributed by atoms with Crippen LogP contribution in [0.15, 0.2) is 29.4 Å². The first-order valence-electron chi connectivity index (χ1n) is 12.0. The van der Waals surface area contributed by atoms with E-state index in [1.54, 1.807) is 23.9 Å². The van der Waals surface area contributed by atoms with Gasteiger partial charge in [-0.05, 0) is 74.2 Å². The second kappa shape index (κ2) is 9.18. The maximum Gasteiger partial charge on any atom is 0.416 e. The number of hydrogen-bond acceptors (Lipinski definition) is 5. The molecule has 10 heteroatoms. The number of alkyl halides is 3. The van der Waals surface area contributed by atoms with E-state index < -0.39 is 11.7 Å². The molecule has 1 N–H and O–H groups in total. The van der Waals surface area contributed by atoms with Crippen LogP contribution >= 0.6 is 11.8 Å². The topological polar surface area (TPSA) is 63.1 Å². The minimum atomic E-state index is -4.28. The number of piperidine rings is 1. The van der Waals surface area contributed by atoms with E-state index in [4.69, 9.17) is 0 Å². The van der Waals surface area contributed by atoms with Gasteiger partial charge in [0.15, 0.2) is 11.0 Å². The van der Waals surface area contributed by atoms with Gasteiger partial charge in [-0.15, -0.1) is 10.2 Å². The van der Waals surface area contributed by atoms with Crippen LogP contribution in [0.1, 0.15) is 67.4 Å². The molecule has 0 radical (unpaired) electrons. The smallest absolute Gasteiger partial charge is 0.346 e. The van der Waals surface area contributed by atoms with Gasteiger partial charge in [0.25, 0.3) is 0 Å². The number of nitrogens with zero attached hydrogens (tertiary/aromatic N) is 4. The van der Waals surface area contributed by atoms with Gasteiger partial charge in [0, 0.05) is 25.8 Å². The summed E-state index contributed by atoms with van der Waals surface area (Å²) in [6.07, 6.45) is 1.30. The molecule has 2 aliphatic heterocycles. The van der Waals surface area contributed by atoms with Crippen LogP contribution in [0.25, 0.3) is 0 Å². The van der Waals surface area contributed by atoms with Crippen LogP contribution in [0.5, 0.6) is 0 Å². The lowest BCUT2D eigenvalue weighted by molar-refractivity contribution is -0.137. The number of rotatable bonds is 7. The molecule has 6 nitrogen and oxygen atoms in total. The van der Waals surface area contributed by atoms with Crippen LogP contribution in [0.2, 0.25) is 0 Å². The van der Waals surface area contributed by atoms with Crippen LogP contribution in [-0.4, -0.2) is 51.0 Å². The first kappa shape index (κ1) is 23.7. The zero-order valence-corrected chi connectivity index (χ0v) is 20.1. The van der Waals surface area contributed by atoms with Gasteiger partial charge >= 0.3 is 6.18 Å². The lowest BCUT2D eigenvalue weighted by Crippen LogP contribution is -2.33. The Balaban J connectivity index is 1.07. The fourth-order valence-corrected chi connectivity index (χ4v) is 6.40. The van der Waals surface area contributed by atoms with Crippen molar-refractivity contribution in [2.24, 2.45) is 12.5 Å². The predicted molar refractivity (Wildman–Crippen MR) is 123 cm³/mol. The summed E-state index contributed by atoms with van der Waals surface area (Å²) in [7, 11) is 1.96. The summed E-state index contributed by atoms with van der Waals surface area (Å²) in [4.78, 5) is 14.2. The predicted octanol–water partition coefficient (Wildman–Crippen LogP) is 4.54. The Labute approximate surface area is 201 Å². The Hall–Kier alpha value is -2.07. The quantitative estimate of drug-likeness (QED) is 0.453. The van der Waals surface area contributed by atoms with Gasteiger partial charge in [0.1, 0.15) is 0 Å². The van der Waals surface area contributed by atoms with E-state index in [0.29, 0.717) is 12.3 Å². The molecule has 3 heterocycles. The first-order chi connectivity index (χ1) is 16.2. The molecule has 2 aromatic rings. The van der Waals surface area contributed by atoms with Crippen molar-refractivity contribution in [3.05, 3.63) is 41.2 Å². The van der Waals surface area contributed by atoms with E-state index >= 15 is 0 Å². The Morgan fingerprint density at radius 3 is 2.76 bits per heavy atom. The third kappa shape index (κ3) is 4.84. The normalized spacial score (nSPS) is 27.4. The molecule has 3 fully saturated rings. The number of carbonyl (C=O) groups excluding carboxylic acids is 1. The number of hydrogen-bond donors (Lipinski definition) is 1. The van der Waals surface area contributed by atoms with E-state index in [-0.39, 0.29) is 17.4 Å². The standard InChI is InChI=1S/C24H30F3N5OS/c1-31-21(19-4-2-5-20(33)28-19)29-30-22(31)34-13-3-11-32-12-10-23(15-32)14-18(23)16-6-8-17(9-7-16)24(25,26)27/h6-9,18-19H,2-5,10-15H2,1H3,(H,28,33)/t18?,19?,23-/m0/s1. The Kier molecular flexibility index (Phi) is 6.39. The van der Waals surface area contributed by atoms with Crippen molar-refractivity contribution in [2.75, 3.05) is 25.4 Å². The van der Waals surface area contributed by atoms with Crippen LogP contribution in [0, 0.1) is 5.41 Å². The van der Waals surface area contributed by atoms with E-state index in [1.165, 1.54) is 12.1 Å². The minimum Gasteiger partial charge on any atom is -0.346 e. The van der Waals surface area contributed by atoms with Gasteiger partial charge in [0.05, 0.1) is 11.6 Å². The Morgan fingerprint density at radius 2 is 2.03 bits per heavy atom. The number of amides is 1. The molecule has 34 heavy (non-hydrogen) atoms. The molecule has 1 amide bonds. The molecule has 184 valence electrons. The van der Waals surface area contributed by atoms with E-state index in [0.717, 1.165) is 74.0 Å². The maximum absolute atomic E-state index is 12.8. The van der Waals surface area contributed by atoms with Crippen molar-refractivity contribution < 1.29 is 18.0 Å². The first-order valence-corrected chi connectivity index (χ1v) is 12.9. The van der Waals surface area contributed by atoms with Crippen molar-refractivity contribution >= 4 is 17.7 Å². The molecule has 1 aromatic carbocycles. The van der Waals surface area contributed by atoms with Crippen LogP contribution in [-0.2, 0) is 18.0 Å². The van der Waals surface area contributed by atoms with Crippen molar-refractivity contribution in [1.82, 2.24) is 25.0 Å². The number of likely N-dealkylation sites (tertiary alicyclic amines) is 1. The Morgan fingerprint density at radius 1 is 1.24 bits per heavy atom. The molecule has 1 aliphatic carbocycles. The summed E-state index contributed by atoms with van der Waals surface area (Å²) in [6, 6.07) is 5.70. The minimum absolute atomic E-state index is 0.0509. The van der Waals surface area contributed by atoms with E-state index in [9.17, 15) is 18.0 Å². The number of aromatic nitrogens is 3. The maximum atomic E-state index is 12.8. The van der Waals surface area contributed by atoms with Gasteiger partial charge < -0.3 is 14.8 Å². The van der Waals surface area contributed by atoms with Crippen molar-refractivity contribution in [1.29, 1.82) is 0 Å². The molecule has 3 atom stereocenters. The second-order valence-electron chi connectivity index (χ2n) is 9.88. The highest BCUT2D eigenvalue weighted by Gasteiger charge is 2.57. The molecule has 1 aromatic heterocycles. The largest absolute Gasteiger partial charge is 0.416 e. The highest BCUT2D eigenvalue weighted by molar-refractivity contribution is 7.99. The fourth-order valence-electron chi connectivity index (χ4n) is 5.56. The van der Waals surface area contributed by atoms with Crippen molar-refractivity contribution in [2.45, 2.75) is 61.8 Å². The third-order valence-corrected chi connectivity index (χ3v) is 8.66. The summed E-state index contributed by atoms with van der Waals surface area (Å²) in [6.45, 7) is 3.09. The van der Waals surface area contributed by atoms with Gasteiger partial charge in [-0.2, -0.15) is 13.2 Å². The zero-order valence-electron chi connectivity index (χ0n) is 19.3. The highest BCUT2D eigenvalue weighted by atomic mass is 32.2. The molecule has 0 bridgehead atoms. The number of carbonyl (C=O) groups is 1. The second-order valence-corrected chi connectivity index (χ2v) is 10.9. The van der Waals surface area contributed by atoms with Gasteiger partial charge in [-0.25, -0.2) is 0 Å². The lowest BCUT2D eigenvalue weighted by atomic mass is 9.97. The average Bonchev–Trinajstić information content (AvgIpc) is 3.14. The zero-order chi connectivity index (χ0) is 23.9. The van der Waals surface area contributed by atoms with E-state index in [2.05, 4.69) is 20.4 Å². The molecule has 5 rings (SSSR count). The average molecular weight is 494 g/mol. The lowest BCUT2D eigenvalue weighted by Gasteiger charge is -2.22. The molecule has 1 spiro atoms. The summed E-state index contributed by atoms with van der Waals surface area (Å²) in [5.74, 6) is 2.22. The number of halogens is 3. The molecule has 2 saturated heterocycles. The molecular formula is C24H30F3N5OS. The van der Waals surface area contributed by atoms with Crippen LogP contribution < -0.4 is 5.32 Å². The molecule has 1 saturated carbocycles. The fraction of sp³-hybridized carbons (Fsp3) is 0.625. The Bertz CT molecular complexity index is 1040.